The van der Waals surface area contributed by atoms with Crippen molar-refractivity contribution in [1.82, 2.24) is 4.90 Å². The van der Waals surface area contributed by atoms with Crippen LogP contribution in [0.15, 0.2) is 0 Å². The summed E-state index contributed by atoms with van der Waals surface area (Å²) >= 11 is 0. The average Bonchev–Trinajstić information content (AvgIpc) is 2.24. The molecule has 104 valence electrons. The van der Waals surface area contributed by atoms with E-state index in [1.54, 1.807) is 4.90 Å². The number of sulfone groups is 1. The highest BCUT2D eigenvalue weighted by molar-refractivity contribution is 7.90. The molecule has 0 aromatic heterocycles. The summed E-state index contributed by atoms with van der Waals surface area (Å²) in [5.41, 5.74) is 0. The number of hydrogen-bond donors (Lipinski definition) is 2. The molecule has 1 aliphatic rings. The molecule has 8 heteroatoms. The Hall–Kier alpha value is -1.15. The number of carboxylic acid groups (broad SMARTS) is 2. The molecule has 2 atom stereocenters. The van der Waals surface area contributed by atoms with Crippen LogP contribution in [0, 0.1) is 11.8 Å². The van der Waals surface area contributed by atoms with Gasteiger partial charge < -0.3 is 15.1 Å². The fourth-order valence-corrected chi connectivity index (χ4v) is 2.65. The molecule has 0 aromatic rings. The lowest BCUT2D eigenvalue weighted by Gasteiger charge is -2.34. The maximum atomic E-state index is 11.0. The summed E-state index contributed by atoms with van der Waals surface area (Å²) < 4.78 is 22.0. The van der Waals surface area contributed by atoms with E-state index in [0.717, 1.165) is 6.26 Å². The molecular weight excluding hydrogens is 262 g/mol. The van der Waals surface area contributed by atoms with Gasteiger partial charge in [0.15, 0.2) is 0 Å². The average molecular weight is 279 g/mol. The van der Waals surface area contributed by atoms with Gasteiger partial charge in [-0.1, -0.05) is 0 Å². The third-order valence-corrected chi connectivity index (χ3v) is 4.03. The fraction of sp³-hybridized carbons (Fsp3) is 0.800. The highest BCUT2D eigenvalue weighted by atomic mass is 32.2. The monoisotopic (exact) mass is 279 g/mol. The Kier molecular flexibility index (Phi) is 4.69. The predicted octanol–water partition coefficient (Wildman–Crippen LogP) is -0.862. The van der Waals surface area contributed by atoms with Gasteiger partial charge in [0.05, 0.1) is 17.6 Å². The third-order valence-electron chi connectivity index (χ3n) is 3.11. The Balaban J connectivity index is 2.63. The Morgan fingerprint density at radius 1 is 1.22 bits per heavy atom. The van der Waals surface area contributed by atoms with Crippen LogP contribution < -0.4 is 0 Å². The van der Waals surface area contributed by atoms with Gasteiger partial charge in [0.1, 0.15) is 9.84 Å². The summed E-state index contributed by atoms with van der Waals surface area (Å²) in [6, 6.07) is 0. The summed E-state index contributed by atoms with van der Waals surface area (Å²) in [6.45, 7) is 0.743. The zero-order valence-corrected chi connectivity index (χ0v) is 10.9. The van der Waals surface area contributed by atoms with Crippen molar-refractivity contribution in [3.63, 3.8) is 0 Å². The molecule has 0 spiro atoms. The van der Waals surface area contributed by atoms with Gasteiger partial charge >= 0.3 is 11.9 Å². The number of hydrogen-bond acceptors (Lipinski definition) is 5. The summed E-state index contributed by atoms with van der Waals surface area (Å²) in [6.07, 6.45) is 1.35. The van der Waals surface area contributed by atoms with Gasteiger partial charge in [-0.3, -0.25) is 9.59 Å². The van der Waals surface area contributed by atoms with E-state index in [2.05, 4.69) is 0 Å². The molecule has 0 radical (unpaired) electrons. The molecule has 7 nitrogen and oxygen atoms in total. The van der Waals surface area contributed by atoms with Gasteiger partial charge in [0.2, 0.25) is 0 Å². The number of aliphatic carboxylic acids is 2. The van der Waals surface area contributed by atoms with Crippen LogP contribution in [-0.2, 0) is 19.4 Å². The molecule has 1 fully saturated rings. The molecular formula is C10H17NO6S. The van der Waals surface area contributed by atoms with Gasteiger partial charge in [0.25, 0.3) is 0 Å². The van der Waals surface area contributed by atoms with E-state index in [1.165, 1.54) is 0 Å². The molecule has 0 amide bonds. The van der Waals surface area contributed by atoms with Crippen LogP contribution in [0.4, 0.5) is 0 Å². The van der Waals surface area contributed by atoms with Crippen LogP contribution in [0.5, 0.6) is 0 Å². The minimum atomic E-state index is -3.10. The first-order chi connectivity index (χ1) is 8.20. The molecule has 1 aliphatic heterocycles. The van der Waals surface area contributed by atoms with Crippen molar-refractivity contribution >= 4 is 21.8 Å². The Labute approximate surface area is 105 Å². The second kappa shape index (κ2) is 5.66. The fourth-order valence-electron chi connectivity index (χ4n) is 2.06. The van der Waals surface area contributed by atoms with Gasteiger partial charge in [-0.15, -0.1) is 0 Å². The number of carbonyl (C=O) groups is 2. The summed E-state index contributed by atoms with van der Waals surface area (Å²) in [4.78, 5) is 23.6. The topological polar surface area (TPSA) is 112 Å². The van der Waals surface area contributed by atoms with Crippen molar-refractivity contribution in [3.05, 3.63) is 0 Å². The minimum Gasteiger partial charge on any atom is -0.481 e. The first-order valence-electron chi connectivity index (χ1n) is 5.56. The molecule has 2 unspecified atom stereocenters. The summed E-state index contributed by atoms with van der Waals surface area (Å²) in [7, 11) is -3.10. The van der Waals surface area contributed by atoms with Crippen molar-refractivity contribution in [2.24, 2.45) is 11.8 Å². The molecule has 1 saturated heterocycles. The molecule has 0 saturated carbocycles. The van der Waals surface area contributed by atoms with Gasteiger partial charge in [-0.25, -0.2) is 8.42 Å². The van der Waals surface area contributed by atoms with Crippen molar-refractivity contribution in [3.8, 4) is 0 Å². The molecule has 0 bridgehead atoms. The van der Waals surface area contributed by atoms with Crippen LogP contribution >= 0.6 is 0 Å². The lowest BCUT2D eigenvalue weighted by Crippen LogP contribution is -2.47. The number of piperidine rings is 1. The largest absolute Gasteiger partial charge is 0.481 e. The van der Waals surface area contributed by atoms with E-state index in [1.807, 2.05) is 0 Å². The van der Waals surface area contributed by atoms with Crippen LogP contribution in [0.2, 0.25) is 0 Å². The Morgan fingerprint density at radius 2 is 1.78 bits per heavy atom. The molecule has 2 N–H and O–H groups in total. The van der Waals surface area contributed by atoms with E-state index in [9.17, 15) is 18.0 Å². The molecule has 1 heterocycles. The van der Waals surface area contributed by atoms with E-state index in [4.69, 9.17) is 10.2 Å². The van der Waals surface area contributed by atoms with Crippen LogP contribution in [0.25, 0.3) is 0 Å². The third kappa shape index (κ3) is 4.26. The van der Waals surface area contributed by atoms with Crippen LogP contribution in [0.1, 0.15) is 6.42 Å². The highest BCUT2D eigenvalue weighted by Crippen LogP contribution is 2.24. The van der Waals surface area contributed by atoms with E-state index >= 15 is 0 Å². The second-order valence-electron chi connectivity index (χ2n) is 4.61. The Bertz CT molecular complexity index is 432. The quantitative estimate of drug-likeness (QED) is 0.673. The molecule has 0 aromatic carbocycles. The van der Waals surface area contributed by atoms with Crippen molar-refractivity contribution in [1.29, 1.82) is 0 Å². The number of nitrogens with zero attached hydrogens (tertiary/aromatic N) is 1. The molecule has 18 heavy (non-hydrogen) atoms. The maximum Gasteiger partial charge on any atom is 0.308 e. The lowest BCUT2D eigenvalue weighted by atomic mass is 9.85. The lowest BCUT2D eigenvalue weighted by molar-refractivity contribution is -0.157. The number of rotatable bonds is 5. The summed E-state index contributed by atoms with van der Waals surface area (Å²) in [5, 5.41) is 17.9. The normalized spacial score (nSPS) is 25.8. The van der Waals surface area contributed by atoms with E-state index < -0.39 is 33.6 Å². The first-order valence-corrected chi connectivity index (χ1v) is 7.62. The zero-order chi connectivity index (χ0) is 13.9. The smallest absolute Gasteiger partial charge is 0.308 e. The zero-order valence-electron chi connectivity index (χ0n) is 10.1. The van der Waals surface area contributed by atoms with E-state index in [-0.39, 0.29) is 25.3 Å². The van der Waals surface area contributed by atoms with Gasteiger partial charge in [-0.2, -0.15) is 0 Å². The summed E-state index contributed by atoms with van der Waals surface area (Å²) in [5.74, 6) is -4.17. The van der Waals surface area contributed by atoms with Crippen molar-refractivity contribution in [2.45, 2.75) is 6.42 Å². The first kappa shape index (κ1) is 14.9. The minimum absolute atomic E-state index is 0.0446. The van der Waals surface area contributed by atoms with Crippen LogP contribution in [-0.4, -0.2) is 67.1 Å². The van der Waals surface area contributed by atoms with Crippen molar-refractivity contribution in [2.75, 3.05) is 31.6 Å². The number of likely N-dealkylation sites (tertiary alicyclic amines) is 1. The molecule has 1 rings (SSSR count). The van der Waals surface area contributed by atoms with E-state index in [0.29, 0.717) is 6.54 Å². The highest BCUT2D eigenvalue weighted by Gasteiger charge is 2.38. The van der Waals surface area contributed by atoms with Gasteiger partial charge in [-0.05, 0) is 13.0 Å². The van der Waals surface area contributed by atoms with Crippen molar-refractivity contribution < 1.29 is 28.2 Å². The second-order valence-corrected chi connectivity index (χ2v) is 6.87. The van der Waals surface area contributed by atoms with Gasteiger partial charge in [0, 0.05) is 19.3 Å². The van der Waals surface area contributed by atoms with Crippen LogP contribution in [0.3, 0.4) is 0 Å². The predicted molar refractivity (Wildman–Crippen MR) is 63.0 cm³/mol. The maximum absolute atomic E-state index is 11.0. The number of carboxylic acids is 2. The Morgan fingerprint density at radius 3 is 2.22 bits per heavy atom. The SMILES string of the molecule is CS(=O)(=O)CCN1CCC(C(=O)O)C(C(=O)O)C1. The standard InChI is InChI=1S/C10H17NO6S/c1-18(16,17)5-4-11-3-2-7(9(12)13)8(6-11)10(14)15/h7-8H,2-6H2,1H3,(H,12,13)(H,14,15). The molecule has 0 aliphatic carbocycles.